The highest BCUT2D eigenvalue weighted by Crippen LogP contribution is 2.24. The molecule has 1 saturated heterocycles. The van der Waals surface area contributed by atoms with Crippen molar-refractivity contribution in [1.29, 1.82) is 0 Å². The Morgan fingerprint density at radius 3 is 2.82 bits per heavy atom. The van der Waals surface area contributed by atoms with E-state index in [1.54, 1.807) is 0 Å². The minimum Gasteiger partial charge on any atom is -0.469 e. The van der Waals surface area contributed by atoms with Crippen molar-refractivity contribution >= 4 is 5.97 Å². The predicted molar refractivity (Wildman–Crippen MR) is 68.9 cm³/mol. The lowest BCUT2D eigenvalue weighted by Gasteiger charge is -2.24. The molecule has 1 atom stereocenters. The van der Waals surface area contributed by atoms with Gasteiger partial charge in [-0.15, -0.1) is 0 Å². The molecule has 0 aromatic heterocycles. The molecule has 0 aromatic rings. The highest BCUT2D eigenvalue weighted by atomic mass is 16.5. The highest BCUT2D eigenvalue weighted by molar-refractivity contribution is 5.75. The number of ether oxygens (including phenoxy) is 1. The van der Waals surface area contributed by atoms with Crippen molar-refractivity contribution in [3.05, 3.63) is 0 Å². The summed E-state index contributed by atoms with van der Waals surface area (Å²) in [6.07, 6.45) is 2.13. The van der Waals surface area contributed by atoms with Gasteiger partial charge in [-0.05, 0) is 59.3 Å². The second kappa shape index (κ2) is 6.36. The van der Waals surface area contributed by atoms with Crippen LogP contribution in [0, 0.1) is 11.3 Å². The Morgan fingerprint density at radius 1 is 1.53 bits per heavy atom. The molecule has 1 fully saturated rings. The van der Waals surface area contributed by atoms with Crippen molar-refractivity contribution < 1.29 is 9.53 Å². The summed E-state index contributed by atoms with van der Waals surface area (Å²) in [5, 5.41) is 3.23. The van der Waals surface area contributed by atoms with E-state index in [2.05, 4.69) is 10.2 Å². The van der Waals surface area contributed by atoms with E-state index in [9.17, 15) is 4.79 Å². The van der Waals surface area contributed by atoms with Crippen molar-refractivity contribution in [2.45, 2.75) is 26.7 Å². The van der Waals surface area contributed by atoms with Crippen LogP contribution in [-0.2, 0) is 9.53 Å². The van der Waals surface area contributed by atoms with Gasteiger partial charge in [0.05, 0.1) is 12.5 Å². The lowest BCUT2D eigenvalue weighted by molar-refractivity contribution is -0.151. The fourth-order valence-corrected chi connectivity index (χ4v) is 2.39. The largest absolute Gasteiger partial charge is 0.469 e. The van der Waals surface area contributed by atoms with E-state index in [0.717, 1.165) is 38.5 Å². The number of methoxy groups -OCH3 is 1. The molecular formula is C13H26N2O2. The van der Waals surface area contributed by atoms with Crippen LogP contribution in [0.25, 0.3) is 0 Å². The van der Waals surface area contributed by atoms with E-state index in [4.69, 9.17) is 4.74 Å². The Kier molecular flexibility index (Phi) is 5.40. The lowest BCUT2D eigenvalue weighted by atomic mass is 9.89. The summed E-state index contributed by atoms with van der Waals surface area (Å²) in [7, 11) is 3.46. The van der Waals surface area contributed by atoms with Crippen LogP contribution in [0.2, 0.25) is 0 Å². The van der Waals surface area contributed by atoms with Crippen LogP contribution in [0.3, 0.4) is 0 Å². The number of likely N-dealkylation sites (tertiary alicyclic amines) is 1. The van der Waals surface area contributed by atoms with E-state index in [1.165, 1.54) is 13.5 Å². The molecule has 1 heterocycles. The fraction of sp³-hybridized carbons (Fsp3) is 0.923. The summed E-state index contributed by atoms with van der Waals surface area (Å²) in [6, 6.07) is 0. The van der Waals surface area contributed by atoms with Crippen molar-refractivity contribution in [2.24, 2.45) is 11.3 Å². The molecule has 100 valence electrons. The Bertz CT molecular complexity index is 254. The molecule has 0 amide bonds. The van der Waals surface area contributed by atoms with Crippen LogP contribution in [0.1, 0.15) is 26.7 Å². The number of carbonyl (C=O) groups excluding carboxylic acids is 1. The number of nitrogens with zero attached hydrogens (tertiary/aromatic N) is 1. The van der Waals surface area contributed by atoms with Gasteiger partial charge in [-0.1, -0.05) is 0 Å². The van der Waals surface area contributed by atoms with E-state index in [-0.39, 0.29) is 11.4 Å². The van der Waals surface area contributed by atoms with Gasteiger partial charge in [0.2, 0.25) is 0 Å². The first-order valence-electron chi connectivity index (χ1n) is 6.45. The minimum atomic E-state index is -0.365. The summed E-state index contributed by atoms with van der Waals surface area (Å²) in [5.41, 5.74) is -0.365. The molecule has 1 aliphatic rings. The second-order valence-electron chi connectivity index (χ2n) is 5.64. The standard InChI is InChI=1S/C13H26N2O2/c1-13(2,12(16)17-4)6-8-15-7-5-11(10-15)9-14-3/h11,14H,5-10H2,1-4H3. The van der Waals surface area contributed by atoms with Gasteiger partial charge in [-0.2, -0.15) is 0 Å². The van der Waals surface area contributed by atoms with Crippen molar-refractivity contribution in [3.63, 3.8) is 0 Å². The van der Waals surface area contributed by atoms with Crippen molar-refractivity contribution in [1.82, 2.24) is 10.2 Å². The van der Waals surface area contributed by atoms with E-state index in [0.29, 0.717) is 0 Å². The first-order valence-corrected chi connectivity index (χ1v) is 6.45. The third-order valence-corrected chi connectivity index (χ3v) is 3.65. The summed E-state index contributed by atoms with van der Waals surface area (Å²) in [6.45, 7) is 8.31. The Balaban J connectivity index is 2.30. The van der Waals surface area contributed by atoms with Crippen LogP contribution in [0.5, 0.6) is 0 Å². The van der Waals surface area contributed by atoms with Gasteiger partial charge in [0.25, 0.3) is 0 Å². The van der Waals surface area contributed by atoms with Crippen LogP contribution < -0.4 is 5.32 Å². The first-order chi connectivity index (χ1) is 7.99. The molecule has 4 heteroatoms. The maximum Gasteiger partial charge on any atom is 0.311 e. The van der Waals surface area contributed by atoms with Gasteiger partial charge in [0.1, 0.15) is 0 Å². The van der Waals surface area contributed by atoms with E-state index in [1.807, 2.05) is 20.9 Å². The van der Waals surface area contributed by atoms with Crippen molar-refractivity contribution in [2.75, 3.05) is 40.3 Å². The average Bonchev–Trinajstić information content (AvgIpc) is 2.74. The maximum absolute atomic E-state index is 11.6. The third-order valence-electron chi connectivity index (χ3n) is 3.65. The van der Waals surface area contributed by atoms with Crippen molar-refractivity contribution in [3.8, 4) is 0 Å². The molecule has 1 aliphatic heterocycles. The van der Waals surface area contributed by atoms with Crippen LogP contribution in [-0.4, -0.2) is 51.2 Å². The maximum atomic E-state index is 11.6. The normalized spacial score (nSPS) is 21.8. The number of nitrogens with one attached hydrogen (secondary N) is 1. The van der Waals surface area contributed by atoms with Gasteiger partial charge in [-0.25, -0.2) is 0 Å². The van der Waals surface area contributed by atoms with Crippen LogP contribution in [0.15, 0.2) is 0 Å². The van der Waals surface area contributed by atoms with Gasteiger partial charge >= 0.3 is 5.97 Å². The molecular weight excluding hydrogens is 216 g/mol. The number of hydrogen-bond acceptors (Lipinski definition) is 4. The molecule has 17 heavy (non-hydrogen) atoms. The molecule has 4 nitrogen and oxygen atoms in total. The van der Waals surface area contributed by atoms with E-state index >= 15 is 0 Å². The van der Waals surface area contributed by atoms with Gasteiger partial charge < -0.3 is 15.0 Å². The van der Waals surface area contributed by atoms with Crippen LogP contribution >= 0.6 is 0 Å². The van der Waals surface area contributed by atoms with Gasteiger partial charge in [0, 0.05) is 6.54 Å². The lowest BCUT2D eigenvalue weighted by Crippen LogP contribution is -2.32. The molecule has 0 aromatic carbocycles. The fourth-order valence-electron chi connectivity index (χ4n) is 2.39. The van der Waals surface area contributed by atoms with Gasteiger partial charge in [-0.3, -0.25) is 4.79 Å². The Morgan fingerprint density at radius 2 is 2.24 bits per heavy atom. The number of esters is 1. The number of carbonyl (C=O) groups is 1. The summed E-state index contributed by atoms with van der Waals surface area (Å²) < 4.78 is 4.82. The summed E-state index contributed by atoms with van der Waals surface area (Å²) in [4.78, 5) is 14.0. The molecule has 1 unspecified atom stereocenters. The molecule has 1 rings (SSSR count). The zero-order valence-electron chi connectivity index (χ0n) is 11.6. The molecule has 0 radical (unpaired) electrons. The molecule has 0 saturated carbocycles. The Hall–Kier alpha value is -0.610. The predicted octanol–water partition coefficient (Wildman–Crippen LogP) is 1.12. The first kappa shape index (κ1) is 14.5. The zero-order valence-corrected chi connectivity index (χ0v) is 11.6. The summed E-state index contributed by atoms with van der Waals surface area (Å²) >= 11 is 0. The monoisotopic (exact) mass is 242 g/mol. The molecule has 0 aliphatic carbocycles. The number of rotatable bonds is 6. The average molecular weight is 242 g/mol. The molecule has 1 N–H and O–H groups in total. The third kappa shape index (κ3) is 4.28. The Labute approximate surface area is 105 Å². The summed E-state index contributed by atoms with van der Waals surface area (Å²) in [5.74, 6) is 0.657. The topological polar surface area (TPSA) is 41.6 Å². The molecule has 0 bridgehead atoms. The van der Waals surface area contributed by atoms with Gasteiger partial charge in [0.15, 0.2) is 0 Å². The molecule has 0 spiro atoms. The quantitative estimate of drug-likeness (QED) is 0.709. The number of hydrogen-bond donors (Lipinski definition) is 1. The zero-order chi connectivity index (χ0) is 12.9. The minimum absolute atomic E-state index is 0.108. The van der Waals surface area contributed by atoms with E-state index < -0.39 is 0 Å². The van der Waals surface area contributed by atoms with Crippen LogP contribution in [0.4, 0.5) is 0 Å². The second-order valence-corrected chi connectivity index (χ2v) is 5.64. The smallest absolute Gasteiger partial charge is 0.311 e. The SMILES string of the molecule is CNCC1CCN(CCC(C)(C)C(=O)OC)C1. The highest BCUT2D eigenvalue weighted by Gasteiger charge is 2.30.